The van der Waals surface area contributed by atoms with E-state index in [-0.39, 0.29) is 6.54 Å². The molecule has 7 nitrogen and oxygen atoms in total. The van der Waals surface area contributed by atoms with E-state index in [2.05, 4.69) is 10.6 Å². The van der Waals surface area contributed by atoms with Gasteiger partial charge in [0, 0.05) is 13.1 Å². The standard InChI is InChI=1S/C13H23N3O4/c1-3-6-14-12(20)15-10(17)8-16-7-4-5-13(2,9-16)11(18)19/h3-9H2,1-2H3,(H,18,19)(H2,14,15,17,20). The van der Waals surface area contributed by atoms with Gasteiger partial charge in [-0.15, -0.1) is 0 Å². The largest absolute Gasteiger partial charge is 0.481 e. The van der Waals surface area contributed by atoms with Crippen LogP contribution in [0.4, 0.5) is 4.79 Å². The van der Waals surface area contributed by atoms with Gasteiger partial charge in [0.1, 0.15) is 0 Å². The Hall–Kier alpha value is -1.63. The highest BCUT2D eigenvalue weighted by Gasteiger charge is 2.38. The fraction of sp³-hybridized carbons (Fsp3) is 0.769. The fourth-order valence-corrected chi connectivity index (χ4v) is 2.31. The summed E-state index contributed by atoms with van der Waals surface area (Å²) in [5.41, 5.74) is -0.816. The first kappa shape index (κ1) is 16.4. The minimum atomic E-state index is -0.844. The third-order valence-electron chi connectivity index (χ3n) is 3.45. The van der Waals surface area contributed by atoms with Crippen molar-refractivity contribution in [3.05, 3.63) is 0 Å². The highest BCUT2D eigenvalue weighted by atomic mass is 16.4. The topological polar surface area (TPSA) is 98.7 Å². The lowest BCUT2D eigenvalue weighted by Gasteiger charge is -2.36. The number of carbonyl (C=O) groups is 3. The third kappa shape index (κ3) is 4.80. The number of carboxylic acid groups (broad SMARTS) is 1. The molecule has 3 N–H and O–H groups in total. The van der Waals surface area contributed by atoms with Crippen LogP contribution in [-0.2, 0) is 9.59 Å². The molecule has 0 spiro atoms. The average molecular weight is 285 g/mol. The second kappa shape index (κ2) is 7.23. The summed E-state index contributed by atoms with van der Waals surface area (Å²) in [5, 5.41) is 14.0. The average Bonchev–Trinajstić information content (AvgIpc) is 2.36. The van der Waals surface area contributed by atoms with Crippen molar-refractivity contribution in [1.29, 1.82) is 0 Å². The summed E-state index contributed by atoms with van der Waals surface area (Å²) in [6.45, 7) is 5.16. The minimum absolute atomic E-state index is 0.0441. The Kier molecular flexibility index (Phi) is 5.94. The van der Waals surface area contributed by atoms with Crippen LogP contribution in [0.25, 0.3) is 0 Å². The van der Waals surface area contributed by atoms with Gasteiger partial charge < -0.3 is 10.4 Å². The van der Waals surface area contributed by atoms with Crippen molar-refractivity contribution in [2.75, 3.05) is 26.2 Å². The number of aliphatic carboxylic acids is 1. The SMILES string of the molecule is CCCNC(=O)NC(=O)CN1CCCC(C)(C(=O)O)C1. The van der Waals surface area contributed by atoms with Crippen molar-refractivity contribution in [1.82, 2.24) is 15.5 Å². The molecular weight excluding hydrogens is 262 g/mol. The van der Waals surface area contributed by atoms with Crippen molar-refractivity contribution < 1.29 is 19.5 Å². The molecule has 20 heavy (non-hydrogen) atoms. The summed E-state index contributed by atoms with van der Waals surface area (Å²) in [5.74, 6) is -1.25. The second-order valence-electron chi connectivity index (χ2n) is 5.48. The van der Waals surface area contributed by atoms with Gasteiger partial charge in [0.25, 0.3) is 0 Å². The van der Waals surface area contributed by atoms with Crippen molar-refractivity contribution in [2.45, 2.75) is 33.1 Å². The van der Waals surface area contributed by atoms with E-state index in [0.29, 0.717) is 26.1 Å². The van der Waals surface area contributed by atoms with Crippen LogP contribution < -0.4 is 10.6 Å². The van der Waals surface area contributed by atoms with E-state index >= 15 is 0 Å². The van der Waals surface area contributed by atoms with E-state index in [1.165, 1.54) is 0 Å². The van der Waals surface area contributed by atoms with Gasteiger partial charge in [0.15, 0.2) is 0 Å². The number of urea groups is 1. The molecule has 0 bridgehead atoms. The highest BCUT2D eigenvalue weighted by molar-refractivity contribution is 5.95. The zero-order valence-corrected chi connectivity index (χ0v) is 12.1. The van der Waals surface area contributed by atoms with Gasteiger partial charge in [-0.3, -0.25) is 19.8 Å². The highest BCUT2D eigenvalue weighted by Crippen LogP contribution is 2.29. The molecular formula is C13H23N3O4. The zero-order valence-electron chi connectivity index (χ0n) is 12.1. The molecule has 3 amide bonds. The number of carbonyl (C=O) groups excluding carboxylic acids is 2. The Morgan fingerprint density at radius 1 is 1.35 bits per heavy atom. The van der Waals surface area contributed by atoms with Gasteiger partial charge in [-0.05, 0) is 32.7 Å². The summed E-state index contributed by atoms with van der Waals surface area (Å²) in [6, 6.07) is -0.505. The number of nitrogens with one attached hydrogen (secondary N) is 2. The van der Waals surface area contributed by atoms with Crippen molar-refractivity contribution >= 4 is 17.9 Å². The molecule has 114 valence electrons. The van der Waals surface area contributed by atoms with Gasteiger partial charge in [-0.1, -0.05) is 6.92 Å². The van der Waals surface area contributed by atoms with Crippen LogP contribution in [0, 0.1) is 5.41 Å². The molecule has 1 aliphatic rings. The molecule has 0 aliphatic carbocycles. The quantitative estimate of drug-likeness (QED) is 0.679. The molecule has 1 fully saturated rings. The molecule has 0 radical (unpaired) electrons. The first-order valence-electron chi connectivity index (χ1n) is 6.91. The van der Waals surface area contributed by atoms with Crippen LogP contribution in [0.3, 0.4) is 0 Å². The van der Waals surface area contributed by atoms with E-state index in [4.69, 9.17) is 0 Å². The normalized spacial score (nSPS) is 23.1. The first-order chi connectivity index (χ1) is 9.37. The monoisotopic (exact) mass is 285 g/mol. The Morgan fingerprint density at radius 3 is 2.65 bits per heavy atom. The van der Waals surface area contributed by atoms with Gasteiger partial charge in [0.05, 0.1) is 12.0 Å². The summed E-state index contributed by atoms with van der Waals surface area (Å²) >= 11 is 0. The molecule has 7 heteroatoms. The number of amides is 3. The maximum atomic E-state index is 11.7. The molecule has 0 aromatic rings. The predicted molar refractivity (Wildman–Crippen MR) is 73.2 cm³/mol. The maximum absolute atomic E-state index is 11.7. The lowest BCUT2D eigenvalue weighted by Crippen LogP contribution is -2.50. The maximum Gasteiger partial charge on any atom is 0.321 e. The van der Waals surface area contributed by atoms with E-state index in [9.17, 15) is 19.5 Å². The second-order valence-corrected chi connectivity index (χ2v) is 5.48. The minimum Gasteiger partial charge on any atom is -0.481 e. The number of piperidine rings is 1. The molecule has 0 aromatic heterocycles. The van der Waals surface area contributed by atoms with Crippen LogP contribution in [0.5, 0.6) is 0 Å². The van der Waals surface area contributed by atoms with Gasteiger partial charge >= 0.3 is 12.0 Å². The Bertz CT molecular complexity index is 386. The molecule has 0 saturated carbocycles. The fourth-order valence-electron chi connectivity index (χ4n) is 2.31. The van der Waals surface area contributed by atoms with Crippen LogP contribution in [-0.4, -0.2) is 54.1 Å². The lowest BCUT2D eigenvalue weighted by atomic mass is 9.82. The smallest absolute Gasteiger partial charge is 0.321 e. The number of rotatable bonds is 5. The number of hydrogen-bond acceptors (Lipinski definition) is 4. The summed E-state index contributed by atoms with van der Waals surface area (Å²) in [6.07, 6.45) is 2.14. The number of hydrogen-bond donors (Lipinski definition) is 3. The van der Waals surface area contributed by atoms with E-state index in [1.54, 1.807) is 11.8 Å². The van der Waals surface area contributed by atoms with Gasteiger partial charge in [0.2, 0.25) is 5.91 Å². The molecule has 1 unspecified atom stereocenters. The van der Waals surface area contributed by atoms with Crippen LogP contribution in [0.2, 0.25) is 0 Å². The number of carboxylic acids is 1. The third-order valence-corrected chi connectivity index (χ3v) is 3.45. The van der Waals surface area contributed by atoms with E-state index in [0.717, 1.165) is 12.8 Å². The van der Waals surface area contributed by atoms with Crippen molar-refractivity contribution in [2.24, 2.45) is 5.41 Å². The number of imide groups is 1. The van der Waals surface area contributed by atoms with Crippen LogP contribution in [0.15, 0.2) is 0 Å². The first-order valence-corrected chi connectivity index (χ1v) is 6.91. The van der Waals surface area contributed by atoms with Crippen LogP contribution >= 0.6 is 0 Å². The predicted octanol–water partition coefficient (Wildman–Crippen LogP) is 0.409. The molecule has 1 saturated heterocycles. The van der Waals surface area contributed by atoms with E-state index in [1.807, 2.05) is 6.92 Å². The summed E-state index contributed by atoms with van der Waals surface area (Å²) in [4.78, 5) is 36.0. The zero-order chi connectivity index (χ0) is 15.2. The Balaban J connectivity index is 2.42. The molecule has 1 heterocycles. The number of likely N-dealkylation sites (tertiary alicyclic amines) is 1. The summed E-state index contributed by atoms with van der Waals surface area (Å²) in [7, 11) is 0. The van der Waals surface area contributed by atoms with Gasteiger partial charge in [-0.25, -0.2) is 4.79 Å². The molecule has 1 atom stereocenters. The van der Waals surface area contributed by atoms with Crippen molar-refractivity contribution in [3.63, 3.8) is 0 Å². The summed E-state index contributed by atoms with van der Waals surface area (Å²) < 4.78 is 0. The molecule has 1 rings (SSSR count). The van der Waals surface area contributed by atoms with Crippen molar-refractivity contribution in [3.8, 4) is 0 Å². The Morgan fingerprint density at radius 2 is 2.05 bits per heavy atom. The van der Waals surface area contributed by atoms with Gasteiger partial charge in [-0.2, -0.15) is 0 Å². The number of nitrogens with zero attached hydrogens (tertiary/aromatic N) is 1. The Labute approximate surface area is 118 Å². The van der Waals surface area contributed by atoms with E-state index < -0.39 is 23.3 Å². The van der Waals surface area contributed by atoms with Crippen LogP contribution in [0.1, 0.15) is 33.1 Å². The molecule has 0 aromatic carbocycles. The lowest BCUT2D eigenvalue weighted by molar-refractivity contribution is -0.151. The molecule has 1 aliphatic heterocycles.